The summed E-state index contributed by atoms with van der Waals surface area (Å²) >= 11 is 3.40. The van der Waals surface area contributed by atoms with Gasteiger partial charge in [0.2, 0.25) is 0 Å². The van der Waals surface area contributed by atoms with Crippen molar-refractivity contribution in [1.29, 1.82) is 0 Å². The second-order valence-electron chi connectivity index (χ2n) is 5.67. The maximum Gasteiger partial charge on any atom is 0.333 e. The molecule has 0 aliphatic carbocycles. The first-order chi connectivity index (χ1) is 12.6. The van der Waals surface area contributed by atoms with Crippen LogP contribution < -0.4 is 10.2 Å². The molecule has 1 aromatic heterocycles. The van der Waals surface area contributed by atoms with Gasteiger partial charge < -0.3 is 9.73 Å². The van der Waals surface area contributed by atoms with Gasteiger partial charge in [0, 0.05) is 16.1 Å². The van der Waals surface area contributed by atoms with Gasteiger partial charge in [-0.2, -0.15) is 0 Å². The summed E-state index contributed by atoms with van der Waals surface area (Å²) in [6.45, 7) is 0. The van der Waals surface area contributed by atoms with Gasteiger partial charge in [0.25, 0.3) is 5.91 Å². The molecule has 0 bridgehead atoms. The molecule has 1 fully saturated rings. The molecule has 2 heterocycles. The number of rotatable bonds is 3. The SMILES string of the molecule is O=C1N/C(=C\c2ccc(-c3ccc(Br)cc3)o2)C(=O)N1c1ccccc1. The summed E-state index contributed by atoms with van der Waals surface area (Å²) < 4.78 is 6.76. The first kappa shape index (κ1) is 16.4. The van der Waals surface area contributed by atoms with Crippen molar-refractivity contribution in [2.24, 2.45) is 0 Å². The third kappa shape index (κ3) is 3.07. The van der Waals surface area contributed by atoms with Crippen LogP contribution in [0, 0.1) is 0 Å². The fourth-order valence-electron chi connectivity index (χ4n) is 2.69. The highest BCUT2D eigenvalue weighted by Crippen LogP contribution is 2.26. The highest BCUT2D eigenvalue weighted by Gasteiger charge is 2.34. The molecule has 1 aliphatic heterocycles. The third-order valence-corrected chi connectivity index (χ3v) is 4.46. The number of carbonyl (C=O) groups excluding carboxylic acids is 2. The summed E-state index contributed by atoms with van der Waals surface area (Å²) in [7, 11) is 0. The van der Waals surface area contributed by atoms with E-state index in [9.17, 15) is 9.59 Å². The monoisotopic (exact) mass is 408 g/mol. The van der Waals surface area contributed by atoms with E-state index < -0.39 is 11.9 Å². The summed E-state index contributed by atoms with van der Waals surface area (Å²) in [5, 5.41) is 2.59. The Morgan fingerprint density at radius 2 is 1.65 bits per heavy atom. The van der Waals surface area contributed by atoms with Crippen molar-refractivity contribution < 1.29 is 14.0 Å². The van der Waals surface area contributed by atoms with Crippen molar-refractivity contribution in [3.63, 3.8) is 0 Å². The van der Waals surface area contributed by atoms with Crippen LogP contribution in [0.4, 0.5) is 10.5 Å². The van der Waals surface area contributed by atoms with Crippen LogP contribution in [0.15, 0.2) is 81.3 Å². The Bertz CT molecular complexity index is 1010. The topological polar surface area (TPSA) is 62.6 Å². The first-order valence-electron chi connectivity index (χ1n) is 7.90. The van der Waals surface area contributed by atoms with Gasteiger partial charge in [-0.1, -0.05) is 46.3 Å². The van der Waals surface area contributed by atoms with Gasteiger partial charge in [0.05, 0.1) is 5.69 Å². The summed E-state index contributed by atoms with van der Waals surface area (Å²) in [5.41, 5.74) is 1.62. The van der Waals surface area contributed by atoms with Crippen molar-refractivity contribution in [3.8, 4) is 11.3 Å². The minimum absolute atomic E-state index is 0.176. The number of amides is 3. The van der Waals surface area contributed by atoms with E-state index in [1.165, 1.54) is 6.08 Å². The van der Waals surface area contributed by atoms with E-state index in [1.807, 2.05) is 36.4 Å². The number of furan rings is 1. The summed E-state index contributed by atoms with van der Waals surface area (Å²) in [6, 6.07) is 19.6. The van der Waals surface area contributed by atoms with Gasteiger partial charge >= 0.3 is 6.03 Å². The van der Waals surface area contributed by atoms with Crippen LogP contribution in [0.1, 0.15) is 5.76 Å². The second-order valence-corrected chi connectivity index (χ2v) is 6.59. The number of para-hydroxylation sites is 1. The minimum Gasteiger partial charge on any atom is -0.457 e. The number of nitrogens with zero attached hydrogens (tertiary/aromatic N) is 1. The Labute approximate surface area is 158 Å². The van der Waals surface area contributed by atoms with E-state index in [0.717, 1.165) is 14.9 Å². The first-order valence-corrected chi connectivity index (χ1v) is 8.69. The van der Waals surface area contributed by atoms with Crippen LogP contribution in [0.3, 0.4) is 0 Å². The van der Waals surface area contributed by atoms with Crippen molar-refractivity contribution in [1.82, 2.24) is 5.32 Å². The van der Waals surface area contributed by atoms with E-state index >= 15 is 0 Å². The van der Waals surface area contributed by atoms with Gasteiger partial charge in [0.1, 0.15) is 17.2 Å². The van der Waals surface area contributed by atoms with Gasteiger partial charge in [-0.15, -0.1) is 0 Å². The molecule has 5 nitrogen and oxygen atoms in total. The fraction of sp³-hybridized carbons (Fsp3) is 0. The summed E-state index contributed by atoms with van der Waals surface area (Å²) in [6.07, 6.45) is 1.53. The molecule has 1 N–H and O–H groups in total. The van der Waals surface area contributed by atoms with Crippen LogP contribution in [0.25, 0.3) is 17.4 Å². The molecular weight excluding hydrogens is 396 g/mol. The number of imide groups is 1. The zero-order valence-corrected chi connectivity index (χ0v) is 15.1. The lowest BCUT2D eigenvalue weighted by Gasteiger charge is -2.10. The van der Waals surface area contributed by atoms with Crippen molar-refractivity contribution >= 4 is 39.6 Å². The molecule has 4 rings (SSSR count). The lowest BCUT2D eigenvalue weighted by molar-refractivity contribution is -0.113. The van der Waals surface area contributed by atoms with Gasteiger partial charge in [0.15, 0.2) is 0 Å². The quantitative estimate of drug-likeness (QED) is 0.499. The molecule has 0 spiro atoms. The molecule has 1 saturated heterocycles. The van der Waals surface area contributed by atoms with Gasteiger partial charge in [-0.05, 0) is 36.4 Å². The van der Waals surface area contributed by atoms with Gasteiger partial charge in [-0.25, -0.2) is 9.69 Å². The zero-order valence-electron chi connectivity index (χ0n) is 13.5. The molecule has 26 heavy (non-hydrogen) atoms. The number of hydrogen-bond donors (Lipinski definition) is 1. The van der Waals surface area contributed by atoms with Crippen molar-refractivity contribution in [2.45, 2.75) is 0 Å². The Hall–Kier alpha value is -3.12. The molecular formula is C20H13BrN2O3. The van der Waals surface area contributed by atoms with Crippen molar-refractivity contribution in [2.75, 3.05) is 4.90 Å². The van der Waals surface area contributed by atoms with Gasteiger partial charge in [-0.3, -0.25) is 4.79 Å². The molecule has 2 aromatic carbocycles. The largest absolute Gasteiger partial charge is 0.457 e. The van der Waals surface area contributed by atoms with E-state index in [0.29, 0.717) is 17.2 Å². The van der Waals surface area contributed by atoms with E-state index in [4.69, 9.17) is 4.42 Å². The Balaban J connectivity index is 1.60. The standard InChI is InChI=1S/C20H13BrN2O3/c21-14-8-6-13(7-9-14)18-11-10-16(26-18)12-17-19(24)23(20(25)22-17)15-4-2-1-3-5-15/h1-12H,(H,22,25)/b17-12-. The molecule has 0 unspecified atom stereocenters. The number of carbonyl (C=O) groups is 2. The Kier molecular flexibility index (Phi) is 4.18. The summed E-state index contributed by atoms with van der Waals surface area (Å²) in [5.74, 6) is 0.755. The fourth-order valence-corrected chi connectivity index (χ4v) is 2.95. The zero-order chi connectivity index (χ0) is 18.1. The highest BCUT2D eigenvalue weighted by molar-refractivity contribution is 9.10. The number of urea groups is 1. The van der Waals surface area contributed by atoms with Crippen LogP contribution in [0.5, 0.6) is 0 Å². The van der Waals surface area contributed by atoms with E-state index in [2.05, 4.69) is 21.2 Å². The smallest absolute Gasteiger partial charge is 0.333 e. The molecule has 0 atom stereocenters. The highest BCUT2D eigenvalue weighted by atomic mass is 79.9. The minimum atomic E-state index is -0.480. The third-order valence-electron chi connectivity index (χ3n) is 3.93. The van der Waals surface area contributed by atoms with Crippen LogP contribution in [0.2, 0.25) is 0 Å². The molecule has 0 radical (unpaired) electrons. The molecule has 0 saturated carbocycles. The van der Waals surface area contributed by atoms with E-state index in [1.54, 1.807) is 30.3 Å². The molecule has 1 aliphatic rings. The maximum absolute atomic E-state index is 12.6. The second kappa shape index (κ2) is 6.65. The lowest BCUT2D eigenvalue weighted by atomic mass is 10.2. The predicted molar refractivity (Wildman–Crippen MR) is 102 cm³/mol. The normalized spacial score (nSPS) is 15.6. The number of benzene rings is 2. The van der Waals surface area contributed by atoms with Crippen LogP contribution in [-0.4, -0.2) is 11.9 Å². The molecule has 3 aromatic rings. The average molecular weight is 409 g/mol. The predicted octanol–water partition coefficient (Wildman–Crippen LogP) is 4.81. The van der Waals surface area contributed by atoms with Crippen molar-refractivity contribution in [3.05, 3.63) is 82.7 Å². The lowest BCUT2D eigenvalue weighted by Crippen LogP contribution is -2.30. The number of halogens is 1. The summed E-state index contributed by atoms with van der Waals surface area (Å²) in [4.78, 5) is 25.8. The van der Waals surface area contributed by atoms with Crippen LogP contribution in [-0.2, 0) is 4.79 Å². The van der Waals surface area contributed by atoms with E-state index in [-0.39, 0.29) is 5.70 Å². The van der Waals surface area contributed by atoms with Crippen LogP contribution >= 0.6 is 15.9 Å². The number of nitrogens with one attached hydrogen (secondary N) is 1. The number of hydrogen-bond acceptors (Lipinski definition) is 3. The average Bonchev–Trinajstić information content (AvgIpc) is 3.21. The Morgan fingerprint density at radius 3 is 2.38 bits per heavy atom. The Morgan fingerprint density at radius 1 is 0.923 bits per heavy atom. The molecule has 3 amide bonds. The molecule has 128 valence electrons. The molecule has 6 heteroatoms. The maximum atomic E-state index is 12.6. The number of anilines is 1.